The van der Waals surface area contributed by atoms with Crippen molar-refractivity contribution in [1.29, 1.82) is 0 Å². The van der Waals surface area contributed by atoms with Gasteiger partial charge >= 0.3 is 6.03 Å². The van der Waals surface area contributed by atoms with Crippen LogP contribution in [0.5, 0.6) is 0 Å². The summed E-state index contributed by atoms with van der Waals surface area (Å²) in [6.45, 7) is 1.70. The summed E-state index contributed by atoms with van der Waals surface area (Å²) in [6, 6.07) is 0.170. The zero-order valence-corrected chi connectivity index (χ0v) is 14.4. The molecule has 2 aliphatic rings. The van der Waals surface area contributed by atoms with E-state index in [1.54, 1.807) is 4.90 Å². The molecule has 2 fully saturated rings. The van der Waals surface area contributed by atoms with E-state index in [-0.39, 0.29) is 23.8 Å². The lowest BCUT2D eigenvalue weighted by Crippen LogP contribution is -2.43. The second-order valence-corrected chi connectivity index (χ2v) is 6.90. The number of primary amides is 1. The number of nitrogens with zero attached hydrogens (tertiary/aromatic N) is 1. The van der Waals surface area contributed by atoms with Crippen molar-refractivity contribution in [3.63, 3.8) is 0 Å². The third-order valence-corrected chi connectivity index (χ3v) is 5.04. The second kappa shape index (κ2) is 9.49. The molecule has 1 heterocycles. The monoisotopic (exact) mass is 338 g/mol. The van der Waals surface area contributed by atoms with Crippen LogP contribution in [0.2, 0.25) is 0 Å². The Kier molecular flexibility index (Phi) is 7.34. The van der Waals surface area contributed by atoms with E-state index in [0.717, 1.165) is 12.8 Å². The topological polar surface area (TPSA) is 105 Å². The van der Waals surface area contributed by atoms with Crippen LogP contribution in [-0.2, 0) is 9.59 Å². The summed E-state index contributed by atoms with van der Waals surface area (Å²) < 4.78 is 0. The van der Waals surface area contributed by atoms with Crippen molar-refractivity contribution < 1.29 is 14.4 Å². The van der Waals surface area contributed by atoms with E-state index in [0.29, 0.717) is 51.4 Å². The van der Waals surface area contributed by atoms with Crippen molar-refractivity contribution in [3.8, 4) is 0 Å². The highest BCUT2D eigenvalue weighted by Gasteiger charge is 2.25. The summed E-state index contributed by atoms with van der Waals surface area (Å²) in [4.78, 5) is 36.8. The number of likely N-dealkylation sites (tertiary alicyclic amines) is 1. The molecular formula is C17H30N4O3. The third kappa shape index (κ3) is 6.02. The van der Waals surface area contributed by atoms with E-state index in [9.17, 15) is 14.4 Å². The van der Waals surface area contributed by atoms with E-state index in [1.165, 1.54) is 19.3 Å². The van der Waals surface area contributed by atoms with Gasteiger partial charge in [-0.3, -0.25) is 9.59 Å². The van der Waals surface area contributed by atoms with Gasteiger partial charge in [-0.15, -0.1) is 0 Å². The second-order valence-electron chi connectivity index (χ2n) is 6.90. The first-order valence-electron chi connectivity index (χ1n) is 9.17. The molecule has 0 radical (unpaired) electrons. The van der Waals surface area contributed by atoms with Crippen LogP contribution in [0.3, 0.4) is 0 Å². The zero-order chi connectivity index (χ0) is 17.4. The summed E-state index contributed by atoms with van der Waals surface area (Å²) in [5, 5.41) is 5.82. The maximum Gasteiger partial charge on any atom is 0.315 e. The lowest BCUT2D eigenvalue weighted by molar-refractivity contribution is -0.134. The number of carbonyl (C=O) groups is 3. The van der Waals surface area contributed by atoms with Crippen LogP contribution in [0.4, 0.5) is 4.79 Å². The molecule has 4 amide bonds. The van der Waals surface area contributed by atoms with Gasteiger partial charge in [-0.05, 0) is 32.1 Å². The van der Waals surface area contributed by atoms with Crippen molar-refractivity contribution in [3.05, 3.63) is 0 Å². The van der Waals surface area contributed by atoms with E-state index < -0.39 is 0 Å². The lowest BCUT2D eigenvalue weighted by atomic mass is 9.96. The number of nitrogens with one attached hydrogen (secondary N) is 2. The minimum atomic E-state index is -0.268. The number of hydrogen-bond acceptors (Lipinski definition) is 3. The number of carbonyl (C=O) groups excluding carboxylic acids is 3. The summed E-state index contributed by atoms with van der Waals surface area (Å²) in [7, 11) is 0. The fourth-order valence-corrected chi connectivity index (χ4v) is 3.50. The molecule has 136 valence electrons. The average molecular weight is 338 g/mol. The van der Waals surface area contributed by atoms with E-state index in [2.05, 4.69) is 10.6 Å². The molecule has 1 saturated carbocycles. The van der Waals surface area contributed by atoms with Gasteiger partial charge in [-0.25, -0.2) is 4.79 Å². The lowest BCUT2D eigenvalue weighted by Gasteiger charge is -2.30. The fourth-order valence-electron chi connectivity index (χ4n) is 3.50. The Morgan fingerprint density at radius 1 is 1.00 bits per heavy atom. The van der Waals surface area contributed by atoms with Crippen molar-refractivity contribution in [1.82, 2.24) is 15.5 Å². The van der Waals surface area contributed by atoms with Gasteiger partial charge in [0.15, 0.2) is 0 Å². The minimum absolute atomic E-state index is 0.0902. The Hall–Kier alpha value is -1.79. The van der Waals surface area contributed by atoms with E-state index in [1.807, 2.05) is 0 Å². The molecule has 2 rings (SSSR count). The first kappa shape index (κ1) is 18.5. The van der Waals surface area contributed by atoms with Crippen LogP contribution in [-0.4, -0.2) is 48.4 Å². The molecule has 1 aliphatic heterocycles. The number of rotatable bonds is 6. The molecule has 0 aromatic heterocycles. The number of nitrogens with two attached hydrogens (primary N) is 1. The molecule has 1 saturated heterocycles. The highest BCUT2D eigenvalue weighted by Crippen LogP contribution is 2.18. The Labute approximate surface area is 143 Å². The molecule has 0 aromatic carbocycles. The van der Waals surface area contributed by atoms with Gasteiger partial charge in [-0.2, -0.15) is 0 Å². The van der Waals surface area contributed by atoms with Gasteiger partial charge in [0.05, 0.1) is 0 Å². The zero-order valence-electron chi connectivity index (χ0n) is 14.4. The maximum absolute atomic E-state index is 12.1. The first-order chi connectivity index (χ1) is 11.6. The number of amides is 4. The largest absolute Gasteiger partial charge is 0.369 e. The normalized spacial score (nSPS) is 19.8. The fraction of sp³-hybridized carbons (Fsp3) is 0.824. The van der Waals surface area contributed by atoms with Crippen LogP contribution in [0, 0.1) is 5.92 Å². The van der Waals surface area contributed by atoms with Gasteiger partial charge in [-0.1, -0.05) is 19.3 Å². The summed E-state index contributed by atoms with van der Waals surface area (Å²) >= 11 is 0. The molecule has 4 N–H and O–H groups in total. The van der Waals surface area contributed by atoms with Crippen LogP contribution >= 0.6 is 0 Å². The first-order valence-corrected chi connectivity index (χ1v) is 9.17. The molecule has 24 heavy (non-hydrogen) atoms. The van der Waals surface area contributed by atoms with E-state index in [4.69, 9.17) is 5.73 Å². The van der Waals surface area contributed by atoms with Crippen LogP contribution in [0.25, 0.3) is 0 Å². The third-order valence-electron chi connectivity index (χ3n) is 5.04. The van der Waals surface area contributed by atoms with Gasteiger partial charge in [0.25, 0.3) is 0 Å². The molecular weight excluding hydrogens is 308 g/mol. The minimum Gasteiger partial charge on any atom is -0.369 e. The van der Waals surface area contributed by atoms with Crippen molar-refractivity contribution in [2.24, 2.45) is 11.7 Å². The van der Waals surface area contributed by atoms with E-state index >= 15 is 0 Å². The Morgan fingerprint density at radius 3 is 2.29 bits per heavy atom. The maximum atomic E-state index is 12.1. The van der Waals surface area contributed by atoms with Gasteiger partial charge in [0, 0.05) is 38.0 Å². The number of urea groups is 1. The summed E-state index contributed by atoms with van der Waals surface area (Å²) in [5.41, 5.74) is 5.29. The predicted octanol–water partition coefficient (Wildman–Crippen LogP) is 1.12. The Balaban J connectivity index is 1.54. The van der Waals surface area contributed by atoms with Crippen LogP contribution < -0.4 is 16.4 Å². The Bertz CT molecular complexity index is 441. The number of hydrogen-bond donors (Lipinski definition) is 3. The molecule has 7 heteroatoms. The quantitative estimate of drug-likeness (QED) is 0.632. The number of piperidine rings is 1. The predicted molar refractivity (Wildman–Crippen MR) is 91.1 cm³/mol. The smallest absolute Gasteiger partial charge is 0.315 e. The molecule has 7 nitrogen and oxygen atoms in total. The standard InChI is InChI=1S/C17H30N4O3/c18-16(23)13-8-11-21(12-9-13)15(22)7-4-10-19-17(24)20-14-5-2-1-3-6-14/h13-14H,1-12H2,(H2,18,23)(H2,19,20,24). The van der Waals surface area contributed by atoms with Gasteiger partial charge in [0.2, 0.25) is 11.8 Å². The summed E-state index contributed by atoms with van der Waals surface area (Å²) in [5.74, 6) is -0.276. The highest BCUT2D eigenvalue weighted by atomic mass is 16.2. The molecule has 0 spiro atoms. The van der Waals surface area contributed by atoms with Crippen LogP contribution in [0.1, 0.15) is 57.8 Å². The van der Waals surface area contributed by atoms with Crippen molar-refractivity contribution in [2.45, 2.75) is 63.8 Å². The molecule has 0 unspecified atom stereocenters. The summed E-state index contributed by atoms with van der Waals surface area (Å²) in [6.07, 6.45) is 8.13. The molecule has 0 aromatic rings. The van der Waals surface area contributed by atoms with Gasteiger partial charge in [0.1, 0.15) is 0 Å². The average Bonchev–Trinajstić information content (AvgIpc) is 2.59. The van der Waals surface area contributed by atoms with Crippen molar-refractivity contribution in [2.75, 3.05) is 19.6 Å². The Morgan fingerprint density at radius 2 is 1.67 bits per heavy atom. The molecule has 0 bridgehead atoms. The highest BCUT2D eigenvalue weighted by molar-refractivity contribution is 5.79. The van der Waals surface area contributed by atoms with Crippen LogP contribution in [0.15, 0.2) is 0 Å². The molecule has 0 atom stereocenters. The SMILES string of the molecule is NC(=O)C1CCN(C(=O)CCCNC(=O)NC2CCCCC2)CC1. The van der Waals surface area contributed by atoms with Crippen molar-refractivity contribution >= 4 is 17.8 Å². The molecule has 1 aliphatic carbocycles. The van der Waals surface area contributed by atoms with Gasteiger partial charge < -0.3 is 21.3 Å².